The Balaban J connectivity index is 2.00. The van der Waals surface area contributed by atoms with Gasteiger partial charge in [0.2, 0.25) is 5.91 Å². The number of carbonyl (C=O) groups is 2. The Hall–Kier alpha value is -1.89. The van der Waals surface area contributed by atoms with Crippen LogP contribution in [0.4, 0.5) is 10.5 Å². The second-order valence-corrected chi connectivity index (χ2v) is 5.93. The van der Waals surface area contributed by atoms with Crippen LogP contribution >= 0.6 is 36.0 Å². The van der Waals surface area contributed by atoms with Crippen LogP contribution in [-0.2, 0) is 6.54 Å². The highest BCUT2D eigenvalue weighted by Crippen LogP contribution is 2.20. The van der Waals surface area contributed by atoms with E-state index in [0.29, 0.717) is 21.3 Å². The Morgan fingerprint density at radius 1 is 1.09 bits per heavy atom. The highest BCUT2D eigenvalue weighted by Gasteiger charge is 2.12. The molecule has 0 bridgehead atoms. The van der Waals surface area contributed by atoms with Crippen LogP contribution < -0.4 is 15.4 Å². The van der Waals surface area contributed by atoms with Crippen LogP contribution in [0.3, 0.4) is 0 Å². The molecule has 2 rings (SSSR count). The lowest BCUT2D eigenvalue weighted by Crippen LogP contribution is -2.33. The summed E-state index contributed by atoms with van der Waals surface area (Å²) in [5.41, 5.74) is 6.78. The Morgan fingerprint density at radius 3 is 2.17 bits per heavy atom. The lowest BCUT2D eigenvalue weighted by atomic mass is 10.2. The maximum absolute atomic E-state index is 12.1. The minimum atomic E-state index is -0.537. The molecule has 0 aromatic heterocycles. The van der Waals surface area contributed by atoms with Crippen molar-refractivity contribution < 1.29 is 9.59 Å². The quantitative estimate of drug-likeness (QED) is 0.719. The van der Waals surface area contributed by atoms with E-state index in [1.807, 2.05) is 0 Å². The summed E-state index contributed by atoms with van der Waals surface area (Å²) in [6.07, 6.45) is 0. The number of primary amides is 1. The Morgan fingerprint density at radius 2 is 1.65 bits per heavy atom. The second kappa shape index (κ2) is 7.59. The van der Waals surface area contributed by atoms with Crippen molar-refractivity contribution in [1.29, 1.82) is 0 Å². The third kappa shape index (κ3) is 4.79. The highest BCUT2D eigenvalue weighted by molar-refractivity contribution is 7.82. The summed E-state index contributed by atoms with van der Waals surface area (Å²) in [4.78, 5) is 23.1. The van der Waals surface area contributed by atoms with Gasteiger partial charge >= 0.3 is 6.03 Å². The Bertz CT molecular complexity index is 718. The predicted molar refractivity (Wildman–Crippen MR) is 95.1 cm³/mol. The molecule has 0 spiro atoms. The van der Waals surface area contributed by atoms with E-state index in [2.05, 4.69) is 18.1 Å². The minimum Gasteiger partial charge on any atom is -0.366 e. The van der Waals surface area contributed by atoms with Gasteiger partial charge in [0.1, 0.15) is 0 Å². The van der Waals surface area contributed by atoms with Crippen LogP contribution in [0, 0.1) is 0 Å². The number of nitrogens with zero attached hydrogens (tertiary/aromatic N) is 1. The highest BCUT2D eigenvalue weighted by atomic mass is 35.5. The zero-order valence-electron chi connectivity index (χ0n) is 11.8. The molecular weight excluding hydrogens is 357 g/mol. The van der Waals surface area contributed by atoms with Gasteiger partial charge < -0.3 is 11.1 Å². The Kier molecular flexibility index (Phi) is 5.76. The van der Waals surface area contributed by atoms with Crippen LogP contribution in [-0.4, -0.2) is 11.9 Å². The van der Waals surface area contributed by atoms with E-state index >= 15 is 0 Å². The number of anilines is 1. The molecule has 0 atom stereocenters. The molecule has 3 N–H and O–H groups in total. The van der Waals surface area contributed by atoms with Gasteiger partial charge in [-0.25, -0.2) is 9.10 Å². The summed E-state index contributed by atoms with van der Waals surface area (Å²) in [5, 5.41) is 3.68. The summed E-state index contributed by atoms with van der Waals surface area (Å²) >= 11 is 15.9. The molecule has 0 aliphatic carbocycles. The van der Waals surface area contributed by atoms with Gasteiger partial charge in [0, 0.05) is 22.2 Å². The topological polar surface area (TPSA) is 75.4 Å². The lowest BCUT2D eigenvalue weighted by molar-refractivity contribution is 0.100. The third-order valence-corrected chi connectivity index (χ3v) is 3.80. The third-order valence-electron chi connectivity index (χ3n) is 2.95. The summed E-state index contributed by atoms with van der Waals surface area (Å²) in [6, 6.07) is 10.8. The number of nitrogens with one attached hydrogen (secondary N) is 1. The normalized spacial score (nSPS) is 10.2. The van der Waals surface area contributed by atoms with Crippen molar-refractivity contribution in [1.82, 2.24) is 5.32 Å². The van der Waals surface area contributed by atoms with E-state index in [1.165, 1.54) is 12.1 Å². The summed E-state index contributed by atoms with van der Waals surface area (Å²) in [7, 11) is 0. The van der Waals surface area contributed by atoms with Gasteiger partial charge in [0.15, 0.2) is 0 Å². The fourth-order valence-electron chi connectivity index (χ4n) is 1.85. The smallest absolute Gasteiger partial charge is 0.332 e. The predicted octanol–water partition coefficient (Wildman–Crippen LogP) is 3.65. The van der Waals surface area contributed by atoms with Gasteiger partial charge in [-0.2, -0.15) is 0 Å². The maximum Gasteiger partial charge on any atom is 0.332 e. The standard InChI is InChI=1S/C15H13Cl2N3O2S/c16-11-5-9(6-12(17)7-11)8-19-15(22)20(23)13-3-1-10(2-4-13)14(18)21/h1-7,23H,8H2,(H2,18,21)(H,19,22). The molecule has 0 fully saturated rings. The van der Waals surface area contributed by atoms with E-state index in [-0.39, 0.29) is 6.54 Å². The molecular formula is C15H13Cl2N3O2S. The number of amides is 3. The second-order valence-electron chi connectivity index (χ2n) is 4.66. The van der Waals surface area contributed by atoms with Gasteiger partial charge in [-0.1, -0.05) is 36.0 Å². The molecule has 5 nitrogen and oxygen atoms in total. The van der Waals surface area contributed by atoms with Gasteiger partial charge in [-0.05, 0) is 48.0 Å². The van der Waals surface area contributed by atoms with Crippen molar-refractivity contribution in [2.75, 3.05) is 4.31 Å². The molecule has 120 valence electrons. The molecule has 23 heavy (non-hydrogen) atoms. The number of hydrogen-bond donors (Lipinski definition) is 3. The molecule has 0 aliphatic heterocycles. The number of thiol groups is 1. The largest absolute Gasteiger partial charge is 0.366 e. The number of urea groups is 1. The Labute approximate surface area is 148 Å². The van der Waals surface area contributed by atoms with Crippen molar-refractivity contribution in [3.8, 4) is 0 Å². The molecule has 0 unspecified atom stereocenters. The summed E-state index contributed by atoms with van der Waals surface area (Å²) in [6.45, 7) is 0.246. The first kappa shape index (κ1) is 17.5. The molecule has 0 heterocycles. The lowest BCUT2D eigenvalue weighted by Gasteiger charge is -2.17. The minimum absolute atomic E-state index is 0.246. The van der Waals surface area contributed by atoms with Gasteiger partial charge in [0.25, 0.3) is 0 Å². The van der Waals surface area contributed by atoms with Crippen LogP contribution in [0.25, 0.3) is 0 Å². The average molecular weight is 370 g/mol. The van der Waals surface area contributed by atoms with Crippen LogP contribution in [0.15, 0.2) is 42.5 Å². The summed E-state index contributed by atoms with van der Waals surface area (Å²) < 4.78 is 1.12. The first-order valence-electron chi connectivity index (χ1n) is 6.48. The number of hydrogen-bond acceptors (Lipinski definition) is 3. The van der Waals surface area contributed by atoms with Gasteiger partial charge in [0.05, 0.1) is 5.69 Å². The first-order chi connectivity index (χ1) is 10.9. The van der Waals surface area contributed by atoms with E-state index in [0.717, 1.165) is 9.87 Å². The SMILES string of the molecule is NC(=O)c1ccc(N(S)C(=O)NCc2cc(Cl)cc(Cl)c2)cc1. The molecule has 0 radical (unpaired) electrons. The van der Waals surface area contributed by atoms with E-state index in [9.17, 15) is 9.59 Å². The van der Waals surface area contributed by atoms with Crippen molar-refractivity contribution in [3.05, 3.63) is 63.6 Å². The van der Waals surface area contributed by atoms with Gasteiger partial charge in [-0.15, -0.1) is 0 Å². The van der Waals surface area contributed by atoms with Gasteiger partial charge in [-0.3, -0.25) is 4.79 Å². The molecule has 2 aromatic rings. The van der Waals surface area contributed by atoms with Crippen molar-refractivity contribution >= 4 is 53.6 Å². The number of rotatable bonds is 4. The monoisotopic (exact) mass is 369 g/mol. The van der Waals surface area contributed by atoms with E-state index < -0.39 is 11.9 Å². The zero-order chi connectivity index (χ0) is 17.0. The number of nitrogens with two attached hydrogens (primary N) is 1. The maximum atomic E-state index is 12.1. The average Bonchev–Trinajstić information content (AvgIpc) is 2.51. The number of benzene rings is 2. The molecule has 0 saturated heterocycles. The zero-order valence-corrected chi connectivity index (χ0v) is 14.2. The molecule has 8 heteroatoms. The van der Waals surface area contributed by atoms with Crippen molar-refractivity contribution in [2.45, 2.75) is 6.54 Å². The van der Waals surface area contributed by atoms with E-state index in [1.54, 1.807) is 30.3 Å². The fraction of sp³-hybridized carbons (Fsp3) is 0.0667. The number of carbonyl (C=O) groups excluding carboxylic acids is 2. The molecule has 3 amide bonds. The first-order valence-corrected chi connectivity index (χ1v) is 7.64. The fourth-order valence-corrected chi connectivity index (χ4v) is 2.63. The van der Waals surface area contributed by atoms with Crippen LogP contribution in [0.1, 0.15) is 15.9 Å². The molecule has 0 aliphatic rings. The van der Waals surface area contributed by atoms with Crippen molar-refractivity contribution in [2.24, 2.45) is 5.73 Å². The van der Waals surface area contributed by atoms with Crippen LogP contribution in [0.2, 0.25) is 10.0 Å². The molecule has 2 aromatic carbocycles. The summed E-state index contributed by atoms with van der Waals surface area (Å²) in [5.74, 6) is -0.537. The van der Waals surface area contributed by atoms with E-state index in [4.69, 9.17) is 28.9 Å². The number of halogens is 2. The van der Waals surface area contributed by atoms with Crippen molar-refractivity contribution in [3.63, 3.8) is 0 Å². The van der Waals surface area contributed by atoms with Crippen LogP contribution in [0.5, 0.6) is 0 Å². The molecule has 0 saturated carbocycles.